The minimum absolute atomic E-state index is 0.746. The predicted molar refractivity (Wildman–Crippen MR) is 81.7 cm³/mol. The van der Waals surface area contributed by atoms with Gasteiger partial charge in [0.25, 0.3) is 0 Å². The lowest BCUT2D eigenvalue weighted by molar-refractivity contribution is 0.768. The van der Waals surface area contributed by atoms with Crippen LogP contribution in [-0.2, 0) is 7.05 Å². The summed E-state index contributed by atoms with van der Waals surface area (Å²) in [7, 11) is 1.89. The smallest absolute Gasteiger partial charge is 0.0739 e. The number of benzene rings is 1. The molecule has 0 aliphatic carbocycles. The third-order valence-corrected chi connectivity index (χ3v) is 3.86. The first-order valence-corrected chi connectivity index (χ1v) is 6.83. The number of pyridine rings is 1. The lowest BCUT2D eigenvalue weighted by Gasteiger charge is -2.04. The highest BCUT2D eigenvalue weighted by Crippen LogP contribution is 2.27. The molecule has 0 bridgehead atoms. The molecule has 0 spiro atoms. The van der Waals surface area contributed by atoms with Gasteiger partial charge in [0.2, 0.25) is 0 Å². The lowest BCUT2D eigenvalue weighted by Crippen LogP contribution is -1.86. The van der Waals surface area contributed by atoms with Crippen LogP contribution in [0.1, 0.15) is 0 Å². The number of rotatable bonds is 1. The van der Waals surface area contributed by atoms with Crippen LogP contribution in [0.4, 0.5) is 0 Å². The number of nitrogens with zero attached hydrogens (tertiary/aromatic N) is 3. The minimum Gasteiger partial charge on any atom is -0.275 e. The van der Waals surface area contributed by atoms with Gasteiger partial charge < -0.3 is 0 Å². The van der Waals surface area contributed by atoms with Gasteiger partial charge in [0.05, 0.1) is 11.9 Å². The maximum atomic E-state index is 6.08. The lowest BCUT2D eigenvalue weighted by atomic mass is 10.1. The molecule has 0 unspecified atom stereocenters. The van der Waals surface area contributed by atoms with Crippen molar-refractivity contribution in [3.05, 3.63) is 45.4 Å². The summed E-state index contributed by atoms with van der Waals surface area (Å²) in [5.74, 6) is 0. The van der Waals surface area contributed by atoms with Gasteiger partial charge in [-0.1, -0.05) is 11.6 Å². The fraction of sp³-hybridized carbons (Fsp3) is 0.0769. The van der Waals surface area contributed by atoms with Crippen LogP contribution in [0.25, 0.3) is 22.0 Å². The van der Waals surface area contributed by atoms with Gasteiger partial charge in [0, 0.05) is 39.0 Å². The number of aryl methyl sites for hydroxylation is 1. The quantitative estimate of drug-likeness (QED) is 0.609. The average molecular weight is 370 g/mol. The van der Waals surface area contributed by atoms with Crippen molar-refractivity contribution >= 4 is 45.0 Å². The molecule has 90 valence electrons. The van der Waals surface area contributed by atoms with E-state index < -0.39 is 0 Å². The fourth-order valence-corrected chi connectivity index (χ4v) is 3.09. The molecule has 0 saturated carbocycles. The van der Waals surface area contributed by atoms with Crippen LogP contribution in [0.2, 0.25) is 5.02 Å². The zero-order valence-electron chi connectivity index (χ0n) is 9.56. The Bertz CT molecular complexity index is 736. The van der Waals surface area contributed by atoms with Crippen molar-refractivity contribution in [1.82, 2.24) is 14.8 Å². The third-order valence-electron chi connectivity index (χ3n) is 2.75. The summed E-state index contributed by atoms with van der Waals surface area (Å²) in [6.07, 6.45) is 5.64. The molecule has 0 fully saturated rings. The van der Waals surface area contributed by atoms with Crippen LogP contribution >= 0.6 is 34.2 Å². The molecule has 0 aliphatic rings. The molecule has 0 amide bonds. The molecule has 3 nitrogen and oxygen atoms in total. The van der Waals surface area contributed by atoms with Crippen molar-refractivity contribution < 1.29 is 0 Å². The predicted octanol–water partition coefficient (Wildman–Crippen LogP) is 3.89. The SMILES string of the molecule is Cn1cc(-c2cc3cc(Cl)cc(I)c3cn2)cn1. The first-order chi connectivity index (χ1) is 8.63. The van der Waals surface area contributed by atoms with E-state index in [-0.39, 0.29) is 0 Å². The molecular formula is C13H9ClIN3. The first-order valence-electron chi connectivity index (χ1n) is 5.37. The van der Waals surface area contributed by atoms with Gasteiger partial charge >= 0.3 is 0 Å². The van der Waals surface area contributed by atoms with Crippen LogP contribution in [0.3, 0.4) is 0 Å². The van der Waals surface area contributed by atoms with Gasteiger partial charge in [-0.15, -0.1) is 0 Å². The summed E-state index contributed by atoms with van der Waals surface area (Å²) in [5.41, 5.74) is 1.92. The van der Waals surface area contributed by atoms with Crippen LogP contribution in [0, 0.1) is 3.57 Å². The largest absolute Gasteiger partial charge is 0.275 e. The molecule has 2 aromatic heterocycles. The second kappa shape index (κ2) is 4.51. The second-order valence-corrected chi connectivity index (χ2v) is 5.68. The Balaban J connectivity index is 2.22. The van der Waals surface area contributed by atoms with Crippen LogP contribution in [0.15, 0.2) is 36.8 Å². The molecule has 0 N–H and O–H groups in total. The summed E-state index contributed by atoms with van der Waals surface area (Å²) in [5, 5.41) is 7.12. The highest BCUT2D eigenvalue weighted by Gasteiger charge is 2.06. The fourth-order valence-electron chi connectivity index (χ4n) is 1.89. The summed E-state index contributed by atoms with van der Waals surface area (Å²) < 4.78 is 2.88. The topological polar surface area (TPSA) is 30.7 Å². The maximum absolute atomic E-state index is 6.08. The minimum atomic E-state index is 0.746. The van der Waals surface area contributed by atoms with E-state index in [1.54, 1.807) is 4.68 Å². The highest BCUT2D eigenvalue weighted by atomic mass is 127. The summed E-state index contributed by atoms with van der Waals surface area (Å²) in [6, 6.07) is 5.94. The molecule has 0 atom stereocenters. The zero-order chi connectivity index (χ0) is 12.7. The van der Waals surface area contributed by atoms with E-state index in [2.05, 4.69) is 32.7 Å². The summed E-state index contributed by atoms with van der Waals surface area (Å²) >= 11 is 8.36. The highest BCUT2D eigenvalue weighted by molar-refractivity contribution is 14.1. The Morgan fingerprint density at radius 3 is 2.78 bits per heavy atom. The summed E-state index contributed by atoms with van der Waals surface area (Å²) in [4.78, 5) is 4.48. The molecule has 5 heteroatoms. The second-order valence-electron chi connectivity index (χ2n) is 4.08. The molecule has 3 rings (SSSR count). The van der Waals surface area contributed by atoms with Gasteiger partial charge in [0.15, 0.2) is 0 Å². The average Bonchev–Trinajstić information content (AvgIpc) is 2.75. The van der Waals surface area contributed by atoms with E-state index >= 15 is 0 Å². The third kappa shape index (κ3) is 2.10. The van der Waals surface area contributed by atoms with Crippen molar-refractivity contribution in [1.29, 1.82) is 0 Å². The van der Waals surface area contributed by atoms with E-state index in [1.165, 1.54) is 0 Å². The molecule has 3 aromatic rings. The molecule has 1 aromatic carbocycles. The molecule has 0 aliphatic heterocycles. The van der Waals surface area contributed by atoms with Gasteiger partial charge in [-0.25, -0.2) is 0 Å². The van der Waals surface area contributed by atoms with Crippen molar-refractivity contribution in [2.24, 2.45) is 7.05 Å². The van der Waals surface area contributed by atoms with E-state index in [4.69, 9.17) is 11.6 Å². The van der Waals surface area contributed by atoms with Gasteiger partial charge in [-0.05, 0) is 46.2 Å². The van der Waals surface area contributed by atoms with Crippen LogP contribution in [0.5, 0.6) is 0 Å². The van der Waals surface area contributed by atoms with Crippen LogP contribution < -0.4 is 0 Å². The van der Waals surface area contributed by atoms with E-state index in [1.807, 2.05) is 43.8 Å². The molecular weight excluding hydrogens is 361 g/mol. The number of fused-ring (bicyclic) bond motifs is 1. The van der Waals surface area contributed by atoms with Crippen molar-refractivity contribution in [2.75, 3.05) is 0 Å². The van der Waals surface area contributed by atoms with Gasteiger partial charge in [-0.3, -0.25) is 9.67 Å². The molecule has 0 saturated heterocycles. The van der Waals surface area contributed by atoms with E-state index in [0.717, 1.165) is 30.6 Å². The first kappa shape index (κ1) is 11.9. The zero-order valence-corrected chi connectivity index (χ0v) is 12.5. The van der Waals surface area contributed by atoms with Crippen molar-refractivity contribution in [2.45, 2.75) is 0 Å². The number of hydrogen-bond acceptors (Lipinski definition) is 2. The van der Waals surface area contributed by atoms with Gasteiger partial charge in [0.1, 0.15) is 0 Å². The Kier molecular flexibility index (Phi) is 2.99. The van der Waals surface area contributed by atoms with Crippen molar-refractivity contribution in [3.63, 3.8) is 0 Å². The summed E-state index contributed by atoms with van der Waals surface area (Å²) in [6.45, 7) is 0. The number of hydrogen-bond donors (Lipinski definition) is 0. The maximum Gasteiger partial charge on any atom is 0.0739 e. The Hall–Kier alpha value is -1.14. The van der Waals surface area contributed by atoms with E-state index in [9.17, 15) is 0 Å². The van der Waals surface area contributed by atoms with Crippen LogP contribution in [-0.4, -0.2) is 14.8 Å². The standard InChI is InChI=1S/C13H9ClIN3/c1-18-7-9(5-17-18)13-3-8-2-10(14)4-12(15)11(8)6-16-13/h2-7H,1H3. The molecule has 18 heavy (non-hydrogen) atoms. The van der Waals surface area contributed by atoms with E-state index in [0.29, 0.717) is 0 Å². The normalized spacial score (nSPS) is 11.1. The monoisotopic (exact) mass is 369 g/mol. The Morgan fingerprint density at radius 2 is 2.06 bits per heavy atom. The van der Waals surface area contributed by atoms with Gasteiger partial charge in [-0.2, -0.15) is 5.10 Å². The molecule has 2 heterocycles. The Morgan fingerprint density at radius 1 is 1.22 bits per heavy atom. The number of halogens is 2. The Labute approximate surface area is 123 Å². The molecule has 0 radical (unpaired) electrons. The van der Waals surface area contributed by atoms with Crippen molar-refractivity contribution in [3.8, 4) is 11.3 Å². The number of aromatic nitrogens is 3.